The lowest BCUT2D eigenvalue weighted by Crippen LogP contribution is -2.42. The molecule has 0 spiro atoms. The summed E-state index contributed by atoms with van der Waals surface area (Å²) in [6.07, 6.45) is 0.0323. The van der Waals surface area contributed by atoms with Crippen LogP contribution in [0.3, 0.4) is 0 Å². The lowest BCUT2D eigenvalue weighted by atomic mass is 10.1. The molecule has 0 saturated carbocycles. The molecule has 0 heterocycles. The first-order chi connectivity index (χ1) is 11.5. The van der Waals surface area contributed by atoms with E-state index in [0.717, 1.165) is 0 Å². The van der Waals surface area contributed by atoms with Gasteiger partial charge in [-0.2, -0.15) is 0 Å². The Hall–Kier alpha value is -3.42. The van der Waals surface area contributed by atoms with Gasteiger partial charge in [0.25, 0.3) is 11.6 Å². The summed E-state index contributed by atoms with van der Waals surface area (Å²) in [4.78, 5) is 33.8. The van der Waals surface area contributed by atoms with E-state index in [1.54, 1.807) is 24.3 Å². The molecule has 0 bridgehead atoms. The number of ether oxygens (including phenoxy) is 1. The van der Waals surface area contributed by atoms with Crippen LogP contribution in [-0.2, 0) is 11.2 Å². The highest BCUT2D eigenvalue weighted by atomic mass is 16.6. The van der Waals surface area contributed by atoms with Gasteiger partial charge >= 0.3 is 0 Å². The van der Waals surface area contributed by atoms with Gasteiger partial charge in [-0.3, -0.25) is 30.6 Å². The van der Waals surface area contributed by atoms with Gasteiger partial charge in [-0.25, -0.2) is 0 Å². The van der Waals surface area contributed by atoms with Crippen molar-refractivity contribution in [2.75, 3.05) is 7.11 Å². The molecule has 0 fully saturated rings. The number of carbonyl (C=O) groups excluding carboxylic acids is 2. The molecule has 124 valence electrons. The molecule has 2 aromatic rings. The normalized spacial score (nSPS) is 9.88. The maximum atomic E-state index is 11.9. The Kier molecular flexibility index (Phi) is 5.45. The van der Waals surface area contributed by atoms with E-state index in [-0.39, 0.29) is 17.7 Å². The minimum atomic E-state index is -0.571. The first-order valence-corrected chi connectivity index (χ1v) is 6.97. The average molecular weight is 329 g/mol. The lowest BCUT2D eigenvalue weighted by Gasteiger charge is -2.09. The van der Waals surface area contributed by atoms with Crippen molar-refractivity contribution in [1.82, 2.24) is 10.9 Å². The van der Waals surface area contributed by atoms with E-state index in [0.29, 0.717) is 11.3 Å². The van der Waals surface area contributed by atoms with Gasteiger partial charge in [0.05, 0.1) is 18.5 Å². The Balaban J connectivity index is 1.91. The second kappa shape index (κ2) is 7.73. The number of amides is 2. The van der Waals surface area contributed by atoms with Crippen LogP contribution < -0.4 is 15.6 Å². The maximum absolute atomic E-state index is 11.9. The zero-order valence-corrected chi connectivity index (χ0v) is 12.8. The van der Waals surface area contributed by atoms with Crippen molar-refractivity contribution < 1.29 is 19.2 Å². The largest absolute Gasteiger partial charge is 0.496 e. The fourth-order valence-corrected chi connectivity index (χ4v) is 2.00. The van der Waals surface area contributed by atoms with Gasteiger partial charge in [0.2, 0.25) is 5.91 Å². The van der Waals surface area contributed by atoms with Crippen molar-refractivity contribution in [3.8, 4) is 5.75 Å². The minimum Gasteiger partial charge on any atom is -0.496 e. The summed E-state index contributed by atoms with van der Waals surface area (Å²) in [6, 6.07) is 12.1. The molecule has 0 saturated heterocycles. The molecule has 0 atom stereocenters. The molecule has 0 unspecified atom stereocenters. The number of para-hydroxylation sites is 1. The van der Waals surface area contributed by atoms with Crippen LogP contribution in [0.15, 0.2) is 48.5 Å². The van der Waals surface area contributed by atoms with Crippen molar-refractivity contribution in [1.29, 1.82) is 0 Å². The van der Waals surface area contributed by atoms with Crippen LogP contribution in [0.1, 0.15) is 15.9 Å². The molecule has 2 amide bonds. The molecule has 24 heavy (non-hydrogen) atoms. The molecule has 8 nitrogen and oxygen atoms in total. The van der Waals surface area contributed by atoms with Crippen LogP contribution in [0, 0.1) is 10.1 Å². The Morgan fingerprint density at radius 2 is 1.75 bits per heavy atom. The van der Waals surface area contributed by atoms with Crippen LogP contribution in [0.2, 0.25) is 0 Å². The predicted molar refractivity (Wildman–Crippen MR) is 85.4 cm³/mol. The number of nitrogens with one attached hydrogen (secondary N) is 2. The van der Waals surface area contributed by atoms with Gasteiger partial charge in [-0.15, -0.1) is 0 Å². The van der Waals surface area contributed by atoms with Crippen LogP contribution in [0.25, 0.3) is 0 Å². The first-order valence-electron chi connectivity index (χ1n) is 6.97. The van der Waals surface area contributed by atoms with E-state index in [9.17, 15) is 19.7 Å². The van der Waals surface area contributed by atoms with Crippen LogP contribution in [0.4, 0.5) is 5.69 Å². The third-order valence-electron chi connectivity index (χ3n) is 3.20. The monoisotopic (exact) mass is 329 g/mol. The summed E-state index contributed by atoms with van der Waals surface area (Å²) in [6.45, 7) is 0. The zero-order chi connectivity index (χ0) is 17.5. The van der Waals surface area contributed by atoms with Gasteiger partial charge in [0, 0.05) is 23.3 Å². The first kappa shape index (κ1) is 16.9. The van der Waals surface area contributed by atoms with Crippen molar-refractivity contribution in [2.45, 2.75) is 6.42 Å². The summed E-state index contributed by atoms with van der Waals surface area (Å²) in [5, 5.41) is 10.6. The molecular formula is C16H15N3O5. The van der Waals surface area contributed by atoms with Gasteiger partial charge < -0.3 is 4.74 Å². The van der Waals surface area contributed by atoms with Gasteiger partial charge in [-0.05, 0) is 18.2 Å². The van der Waals surface area contributed by atoms with Crippen LogP contribution in [0.5, 0.6) is 5.75 Å². The van der Waals surface area contributed by atoms with E-state index >= 15 is 0 Å². The van der Waals surface area contributed by atoms with E-state index in [2.05, 4.69) is 10.9 Å². The molecule has 8 heteroatoms. The molecule has 0 aliphatic carbocycles. The number of hydrogen-bond donors (Lipinski definition) is 2. The smallest absolute Gasteiger partial charge is 0.269 e. The Morgan fingerprint density at radius 3 is 2.38 bits per heavy atom. The van der Waals surface area contributed by atoms with E-state index in [4.69, 9.17) is 4.74 Å². The van der Waals surface area contributed by atoms with Gasteiger partial charge in [0.15, 0.2) is 0 Å². The third-order valence-corrected chi connectivity index (χ3v) is 3.20. The number of hydrogen-bond acceptors (Lipinski definition) is 5. The Bertz CT molecular complexity index is 759. The number of nitrogens with zero attached hydrogens (tertiary/aromatic N) is 1. The molecular weight excluding hydrogens is 314 g/mol. The summed E-state index contributed by atoms with van der Waals surface area (Å²) >= 11 is 0. The molecule has 0 radical (unpaired) electrons. The highest BCUT2D eigenvalue weighted by molar-refractivity contribution is 5.95. The second-order valence-corrected chi connectivity index (χ2v) is 4.79. The van der Waals surface area contributed by atoms with E-state index in [1.165, 1.54) is 31.4 Å². The summed E-state index contributed by atoms with van der Waals surface area (Å²) < 4.78 is 5.15. The van der Waals surface area contributed by atoms with Gasteiger partial charge in [-0.1, -0.05) is 18.2 Å². The van der Waals surface area contributed by atoms with Crippen LogP contribution in [-0.4, -0.2) is 23.8 Å². The fourth-order valence-electron chi connectivity index (χ4n) is 2.00. The number of methoxy groups -OCH3 is 1. The SMILES string of the molecule is COc1ccccc1CC(=O)NNC(=O)c1ccc([N+](=O)[O-])cc1. The lowest BCUT2D eigenvalue weighted by molar-refractivity contribution is -0.384. The molecule has 2 rings (SSSR count). The van der Waals surface area contributed by atoms with E-state index in [1.807, 2.05) is 0 Å². The number of non-ortho nitro benzene ring substituents is 1. The number of rotatable bonds is 5. The highest BCUT2D eigenvalue weighted by Gasteiger charge is 2.12. The quantitative estimate of drug-likeness (QED) is 0.639. The van der Waals surface area contributed by atoms with Gasteiger partial charge in [0.1, 0.15) is 5.75 Å². The molecule has 0 aliphatic heterocycles. The fraction of sp³-hybridized carbons (Fsp3) is 0.125. The number of hydrazine groups is 1. The topological polar surface area (TPSA) is 111 Å². The summed E-state index contributed by atoms with van der Waals surface area (Å²) in [7, 11) is 1.51. The van der Waals surface area contributed by atoms with Crippen molar-refractivity contribution >= 4 is 17.5 Å². The number of nitro benzene ring substituents is 1. The molecule has 0 aromatic heterocycles. The highest BCUT2D eigenvalue weighted by Crippen LogP contribution is 2.17. The molecule has 0 aliphatic rings. The Morgan fingerprint density at radius 1 is 1.08 bits per heavy atom. The average Bonchev–Trinajstić information content (AvgIpc) is 2.60. The molecule has 2 N–H and O–H groups in total. The van der Waals surface area contributed by atoms with Crippen LogP contribution >= 0.6 is 0 Å². The minimum absolute atomic E-state index is 0.0323. The Labute approximate surface area is 137 Å². The number of nitro groups is 1. The third kappa shape index (κ3) is 4.29. The second-order valence-electron chi connectivity index (χ2n) is 4.79. The summed E-state index contributed by atoms with van der Waals surface area (Å²) in [5.74, 6) is -0.414. The van der Waals surface area contributed by atoms with Crippen molar-refractivity contribution in [2.24, 2.45) is 0 Å². The van der Waals surface area contributed by atoms with E-state index < -0.39 is 16.7 Å². The standard InChI is InChI=1S/C16H15N3O5/c1-24-14-5-3-2-4-12(14)10-15(20)17-18-16(21)11-6-8-13(9-7-11)19(22)23/h2-9H,10H2,1H3,(H,17,20)(H,18,21). The van der Waals surface area contributed by atoms with Crippen molar-refractivity contribution in [3.05, 3.63) is 69.8 Å². The molecule has 2 aromatic carbocycles. The number of benzene rings is 2. The number of carbonyl (C=O) groups is 2. The zero-order valence-electron chi connectivity index (χ0n) is 12.8. The van der Waals surface area contributed by atoms with Crippen molar-refractivity contribution in [3.63, 3.8) is 0 Å². The summed E-state index contributed by atoms with van der Waals surface area (Å²) in [5.41, 5.74) is 5.30. The maximum Gasteiger partial charge on any atom is 0.269 e. The predicted octanol–water partition coefficient (Wildman–Crippen LogP) is 1.61.